The molecular weight excluding hydrogens is 264 g/mol. The van der Waals surface area contributed by atoms with E-state index in [0.717, 1.165) is 21.6 Å². The third-order valence-electron chi connectivity index (χ3n) is 1.78. The van der Waals surface area contributed by atoms with Gasteiger partial charge in [0.1, 0.15) is 5.00 Å². The minimum Gasteiger partial charge on any atom is -0.330 e. The zero-order valence-electron chi connectivity index (χ0n) is 7.35. The SMILES string of the molecule is NCCc1cnnn1-c1cc(Br)cs1. The van der Waals surface area contributed by atoms with Crippen molar-refractivity contribution < 1.29 is 0 Å². The molecule has 2 aromatic rings. The number of hydrogen-bond donors (Lipinski definition) is 1. The molecule has 0 aliphatic carbocycles. The van der Waals surface area contributed by atoms with Gasteiger partial charge in [-0.1, -0.05) is 5.21 Å². The predicted octanol–water partition coefficient (Wildman–Crippen LogP) is 1.59. The first-order chi connectivity index (χ1) is 6.81. The molecule has 0 amide bonds. The molecule has 0 bridgehead atoms. The standard InChI is InChI=1S/C8H9BrN4S/c9-6-3-8(14-5-6)13-7(1-2-10)4-11-12-13/h3-5H,1-2,10H2. The van der Waals surface area contributed by atoms with E-state index in [0.29, 0.717) is 6.54 Å². The van der Waals surface area contributed by atoms with Crippen molar-refractivity contribution in [2.24, 2.45) is 5.73 Å². The summed E-state index contributed by atoms with van der Waals surface area (Å²) >= 11 is 5.03. The van der Waals surface area contributed by atoms with Crippen LogP contribution >= 0.6 is 27.3 Å². The van der Waals surface area contributed by atoms with Gasteiger partial charge in [0.2, 0.25) is 0 Å². The van der Waals surface area contributed by atoms with Crippen LogP contribution in [0.15, 0.2) is 22.1 Å². The van der Waals surface area contributed by atoms with Crippen molar-refractivity contribution in [2.75, 3.05) is 6.54 Å². The van der Waals surface area contributed by atoms with E-state index in [1.54, 1.807) is 17.5 Å². The molecule has 0 saturated carbocycles. The molecule has 0 aliphatic rings. The molecule has 74 valence electrons. The van der Waals surface area contributed by atoms with Crippen LogP contribution in [0.25, 0.3) is 5.00 Å². The number of nitrogens with two attached hydrogens (primary N) is 1. The molecule has 0 radical (unpaired) electrons. The van der Waals surface area contributed by atoms with Crippen LogP contribution in [0.2, 0.25) is 0 Å². The average molecular weight is 273 g/mol. The Balaban J connectivity index is 2.36. The molecule has 0 saturated heterocycles. The highest BCUT2D eigenvalue weighted by molar-refractivity contribution is 9.10. The first kappa shape index (κ1) is 9.82. The lowest BCUT2D eigenvalue weighted by molar-refractivity contribution is 0.765. The highest BCUT2D eigenvalue weighted by atomic mass is 79.9. The average Bonchev–Trinajstić information content (AvgIpc) is 2.74. The fourth-order valence-corrected chi connectivity index (χ4v) is 2.57. The Labute approximate surface area is 93.9 Å². The second-order valence-electron chi connectivity index (χ2n) is 2.78. The molecule has 6 heteroatoms. The van der Waals surface area contributed by atoms with Gasteiger partial charge in [0.15, 0.2) is 0 Å². The number of nitrogens with zero attached hydrogens (tertiary/aromatic N) is 3. The van der Waals surface area contributed by atoms with Crippen LogP contribution in [0.4, 0.5) is 0 Å². The van der Waals surface area contributed by atoms with Gasteiger partial charge in [-0.25, -0.2) is 4.68 Å². The van der Waals surface area contributed by atoms with Crippen LogP contribution < -0.4 is 5.73 Å². The molecule has 0 spiro atoms. The molecule has 0 fully saturated rings. The molecule has 14 heavy (non-hydrogen) atoms. The molecule has 2 heterocycles. The molecular formula is C8H9BrN4S. The maximum absolute atomic E-state index is 5.50. The number of rotatable bonds is 3. The van der Waals surface area contributed by atoms with E-state index in [9.17, 15) is 0 Å². The summed E-state index contributed by atoms with van der Waals surface area (Å²) in [7, 11) is 0. The van der Waals surface area contributed by atoms with Crippen LogP contribution in [0.1, 0.15) is 5.69 Å². The van der Waals surface area contributed by atoms with Gasteiger partial charge in [-0.15, -0.1) is 16.4 Å². The third kappa shape index (κ3) is 1.87. The molecule has 0 unspecified atom stereocenters. The van der Waals surface area contributed by atoms with Crippen molar-refractivity contribution in [2.45, 2.75) is 6.42 Å². The number of aromatic nitrogens is 3. The summed E-state index contributed by atoms with van der Waals surface area (Å²) in [5, 5.41) is 11.0. The lowest BCUT2D eigenvalue weighted by Crippen LogP contribution is -2.07. The summed E-state index contributed by atoms with van der Waals surface area (Å²) in [4.78, 5) is 0. The van der Waals surface area contributed by atoms with Crippen molar-refractivity contribution >= 4 is 27.3 Å². The van der Waals surface area contributed by atoms with Crippen LogP contribution in [-0.4, -0.2) is 21.5 Å². The topological polar surface area (TPSA) is 56.7 Å². The van der Waals surface area contributed by atoms with Crippen molar-refractivity contribution in [3.8, 4) is 5.00 Å². The highest BCUT2D eigenvalue weighted by Crippen LogP contribution is 2.23. The zero-order chi connectivity index (χ0) is 9.97. The van der Waals surface area contributed by atoms with E-state index < -0.39 is 0 Å². The van der Waals surface area contributed by atoms with Crippen LogP contribution in [0, 0.1) is 0 Å². The van der Waals surface area contributed by atoms with Gasteiger partial charge in [-0.3, -0.25) is 0 Å². The van der Waals surface area contributed by atoms with Gasteiger partial charge < -0.3 is 5.73 Å². The Morgan fingerprint density at radius 3 is 3.07 bits per heavy atom. The van der Waals surface area contributed by atoms with Crippen LogP contribution in [0.3, 0.4) is 0 Å². The zero-order valence-corrected chi connectivity index (χ0v) is 9.75. The maximum atomic E-state index is 5.50. The molecule has 0 aromatic carbocycles. The van der Waals surface area contributed by atoms with E-state index in [1.165, 1.54) is 0 Å². The predicted molar refractivity (Wildman–Crippen MR) is 59.7 cm³/mol. The van der Waals surface area contributed by atoms with Crippen molar-refractivity contribution in [1.29, 1.82) is 0 Å². The summed E-state index contributed by atoms with van der Waals surface area (Å²) in [6, 6.07) is 2.01. The summed E-state index contributed by atoms with van der Waals surface area (Å²) in [5.41, 5.74) is 6.54. The normalized spacial score (nSPS) is 10.7. The number of thiophene rings is 1. The van der Waals surface area contributed by atoms with E-state index in [2.05, 4.69) is 26.2 Å². The summed E-state index contributed by atoms with van der Waals surface area (Å²) < 4.78 is 2.88. The smallest absolute Gasteiger partial charge is 0.120 e. The minimum absolute atomic E-state index is 0.611. The third-order valence-corrected chi connectivity index (χ3v) is 3.45. The lowest BCUT2D eigenvalue weighted by Gasteiger charge is -2.00. The van der Waals surface area contributed by atoms with E-state index in [1.807, 2.05) is 16.1 Å². The fraction of sp³-hybridized carbons (Fsp3) is 0.250. The van der Waals surface area contributed by atoms with E-state index in [4.69, 9.17) is 5.73 Å². The Kier molecular flexibility index (Phi) is 2.95. The van der Waals surface area contributed by atoms with Gasteiger partial charge in [0, 0.05) is 16.3 Å². The summed E-state index contributed by atoms with van der Waals surface area (Å²) in [6.07, 6.45) is 2.54. The molecule has 0 aliphatic heterocycles. The first-order valence-corrected chi connectivity index (χ1v) is 5.82. The molecule has 0 atom stereocenters. The van der Waals surface area contributed by atoms with Crippen molar-refractivity contribution in [3.05, 3.63) is 27.8 Å². The highest BCUT2D eigenvalue weighted by Gasteiger charge is 2.06. The Morgan fingerprint density at radius 1 is 1.57 bits per heavy atom. The molecule has 2 N–H and O–H groups in total. The second-order valence-corrected chi connectivity index (χ2v) is 4.58. The van der Waals surface area contributed by atoms with Gasteiger partial charge in [-0.2, -0.15) is 0 Å². The molecule has 2 rings (SSSR count). The summed E-state index contributed by atoms with van der Waals surface area (Å²) in [5.74, 6) is 0. The quantitative estimate of drug-likeness (QED) is 0.924. The first-order valence-electron chi connectivity index (χ1n) is 4.15. The van der Waals surface area contributed by atoms with Crippen LogP contribution in [0.5, 0.6) is 0 Å². The van der Waals surface area contributed by atoms with E-state index >= 15 is 0 Å². The van der Waals surface area contributed by atoms with Crippen molar-refractivity contribution in [1.82, 2.24) is 15.0 Å². The second kappa shape index (κ2) is 4.20. The van der Waals surface area contributed by atoms with E-state index in [-0.39, 0.29) is 0 Å². The number of halogens is 1. The maximum Gasteiger partial charge on any atom is 0.120 e. The fourth-order valence-electron chi connectivity index (χ4n) is 1.17. The monoisotopic (exact) mass is 272 g/mol. The lowest BCUT2D eigenvalue weighted by atomic mass is 10.3. The summed E-state index contributed by atoms with van der Waals surface area (Å²) in [6.45, 7) is 0.611. The van der Waals surface area contributed by atoms with Gasteiger partial charge in [0.25, 0.3) is 0 Å². The largest absolute Gasteiger partial charge is 0.330 e. The Morgan fingerprint density at radius 2 is 2.43 bits per heavy atom. The number of hydrogen-bond acceptors (Lipinski definition) is 4. The Bertz CT molecular complexity index is 422. The van der Waals surface area contributed by atoms with Gasteiger partial charge >= 0.3 is 0 Å². The van der Waals surface area contributed by atoms with Crippen LogP contribution in [-0.2, 0) is 6.42 Å². The molecule has 4 nitrogen and oxygen atoms in total. The Hall–Kier alpha value is -0.720. The minimum atomic E-state index is 0.611. The van der Waals surface area contributed by atoms with Gasteiger partial charge in [-0.05, 0) is 28.5 Å². The van der Waals surface area contributed by atoms with Gasteiger partial charge in [0.05, 0.1) is 11.9 Å². The molecule has 2 aromatic heterocycles. The van der Waals surface area contributed by atoms with Crippen molar-refractivity contribution in [3.63, 3.8) is 0 Å².